The minimum Gasteiger partial charge on any atom is -0.507 e. The molecule has 0 radical (unpaired) electrons. The zero-order chi connectivity index (χ0) is 38.0. The van der Waals surface area contributed by atoms with Gasteiger partial charge >= 0.3 is 0 Å². The molecule has 8 nitrogen and oxygen atoms in total. The van der Waals surface area contributed by atoms with Crippen molar-refractivity contribution in [1.29, 1.82) is 0 Å². The van der Waals surface area contributed by atoms with E-state index >= 15 is 0 Å². The van der Waals surface area contributed by atoms with Gasteiger partial charge in [0, 0.05) is 57.9 Å². The van der Waals surface area contributed by atoms with Gasteiger partial charge in [0.2, 0.25) is 0 Å². The summed E-state index contributed by atoms with van der Waals surface area (Å²) in [6.07, 6.45) is 14.9. The number of phenolic OH excluding ortho intramolecular Hbond substituents is 4. The highest BCUT2D eigenvalue weighted by molar-refractivity contribution is 5.87. The Bertz CT molecular complexity index is 1830. The molecule has 2 aliphatic carbocycles. The maximum atomic E-state index is 10.9. The van der Waals surface area contributed by atoms with Gasteiger partial charge < -0.3 is 20.4 Å². The van der Waals surface area contributed by atoms with Crippen LogP contribution in [0.15, 0.2) is 92.8 Å². The second-order valence-electron chi connectivity index (χ2n) is 16.3. The number of aliphatic imine (C=N–C) groups is 4. The SMILES string of the molecule is CC1(C)c2ccc(O)c(c2)C=N[C@H]2CCCC[C@@H]2N=Cc2cc(ccc2O)C(C)(C)c2ccc(O)c(c2)C=N[C@H]2CCCC[C@@H]2N=Cc2cc1ccc2O. The van der Waals surface area contributed by atoms with Gasteiger partial charge in [-0.15, -0.1) is 0 Å². The minimum absolute atomic E-state index is 0.0637. The van der Waals surface area contributed by atoms with E-state index in [1.807, 2.05) is 48.5 Å². The summed E-state index contributed by atoms with van der Waals surface area (Å²) in [6.45, 7) is 8.54. The van der Waals surface area contributed by atoms with Gasteiger partial charge in [0.25, 0.3) is 0 Å². The largest absolute Gasteiger partial charge is 0.507 e. The average molecular weight is 725 g/mol. The van der Waals surface area contributed by atoms with Crippen molar-refractivity contribution >= 4 is 24.9 Å². The van der Waals surface area contributed by atoms with Gasteiger partial charge in [0.1, 0.15) is 23.0 Å². The monoisotopic (exact) mass is 724 g/mol. The van der Waals surface area contributed by atoms with Crippen molar-refractivity contribution in [2.75, 3.05) is 0 Å². The Hall–Kier alpha value is -5.24. The fourth-order valence-electron chi connectivity index (χ4n) is 8.10. The molecule has 4 N–H and O–H groups in total. The van der Waals surface area contributed by atoms with Crippen molar-refractivity contribution in [2.24, 2.45) is 20.0 Å². The van der Waals surface area contributed by atoms with E-state index in [9.17, 15) is 20.4 Å². The Kier molecular flexibility index (Phi) is 10.5. The molecule has 2 saturated carbocycles. The molecule has 0 aromatic heterocycles. The molecule has 0 saturated heterocycles. The molecule has 0 unspecified atom stereocenters. The summed E-state index contributed by atoms with van der Waals surface area (Å²) in [7, 11) is 0. The van der Waals surface area contributed by atoms with E-state index in [2.05, 4.69) is 27.7 Å². The maximum absolute atomic E-state index is 10.9. The lowest BCUT2D eigenvalue weighted by molar-refractivity contribution is 0.390. The van der Waals surface area contributed by atoms with Crippen LogP contribution in [0, 0.1) is 0 Å². The predicted molar refractivity (Wildman–Crippen MR) is 219 cm³/mol. The minimum atomic E-state index is -0.464. The summed E-state index contributed by atoms with van der Waals surface area (Å²) in [4.78, 5) is 20.0. The van der Waals surface area contributed by atoms with Crippen LogP contribution in [0.1, 0.15) is 124 Å². The lowest BCUT2D eigenvalue weighted by atomic mass is 9.77. The predicted octanol–water partition coefficient (Wildman–Crippen LogP) is 9.17. The number of aromatic hydroxyl groups is 4. The Labute approximate surface area is 318 Å². The standard InChI is InChI=1S/C46H52N4O4/c1-45(2)33-13-17-41(51)29(21-33)25-47-37-9-5-7-11-39(37)49-27-31-23-35(15-19-43(31)53)46(3,4)36-16-20-44(54)32(24-36)28-50-40-12-8-6-10-38(40)48-26-30-22-34(45)14-18-42(30)52/h13-28,37-40,51-54H,5-12H2,1-4H3/t37-,38-,39-,40-/m0/s1. The van der Waals surface area contributed by atoms with Crippen LogP contribution in [0.3, 0.4) is 0 Å². The highest BCUT2D eigenvalue weighted by Crippen LogP contribution is 2.38. The van der Waals surface area contributed by atoms with Crippen LogP contribution in [0.25, 0.3) is 0 Å². The second-order valence-corrected chi connectivity index (χ2v) is 16.3. The second kappa shape index (κ2) is 15.2. The first-order valence-electron chi connectivity index (χ1n) is 19.4. The van der Waals surface area contributed by atoms with Crippen molar-refractivity contribution in [1.82, 2.24) is 0 Å². The van der Waals surface area contributed by atoms with E-state index < -0.39 is 10.8 Å². The molecule has 8 bridgehead atoms. The molecule has 54 heavy (non-hydrogen) atoms. The number of fused-ring (bicyclic) bond motifs is 10. The normalized spacial score (nSPS) is 23.6. The average Bonchev–Trinajstić information content (AvgIpc) is 3.16. The van der Waals surface area contributed by atoms with E-state index in [1.54, 1.807) is 49.1 Å². The fraction of sp³-hybridized carbons (Fsp3) is 0.391. The first-order chi connectivity index (χ1) is 25.9. The first kappa shape index (κ1) is 37.1. The smallest absolute Gasteiger partial charge is 0.124 e. The molecule has 0 spiro atoms. The van der Waals surface area contributed by atoms with Crippen LogP contribution in [0.2, 0.25) is 0 Å². The Morgan fingerprint density at radius 3 is 0.833 bits per heavy atom. The zero-order valence-corrected chi connectivity index (χ0v) is 31.8. The molecule has 3 aliphatic rings. The number of phenols is 4. The van der Waals surface area contributed by atoms with Crippen LogP contribution in [0.5, 0.6) is 23.0 Å². The molecular weight excluding hydrogens is 673 g/mol. The molecular formula is C46H52N4O4. The Balaban J connectivity index is 1.33. The third kappa shape index (κ3) is 7.70. The van der Waals surface area contributed by atoms with E-state index in [4.69, 9.17) is 20.0 Å². The van der Waals surface area contributed by atoms with Crippen molar-refractivity contribution < 1.29 is 20.4 Å². The molecule has 2 fully saturated rings. The maximum Gasteiger partial charge on any atom is 0.124 e. The highest BCUT2D eigenvalue weighted by atomic mass is 16.3. The van der Waals surface area contributed by atoms with Crippen molar-refractivity contribution in [3.8, 4) is 23.0 Å². The lowest BCUT2D eigenvalue weighted by Crippen LogP contribution is -2.27. The number of nitrogens with zero attached hydrogens (tertiary/aromatic N) is 4. The van der Waals surface area contributed by atoms with Crippen LogP contribution in [-0.4, -0.2) is 69.5 Å². The summed E-state index contributed by atoms with van der Waals surface area (Å²) >= 11 is 0. The third-order valence-corrected chi connectivity index (χ3v) is 12.0. The van der Waals surface area contributed by atoms with Gasteiger partial charge in [0.05, 0.1) is 24.2 Å². The molecule has 1 aliphatic heterocycles. The molecule has 4 aromatic rings. The van der Waals surface area contributed by atoms with Crippen molar-refractivity contribution in [3.63, 3.8) is 0 Å². The van der Waals surface area contributed by atoms with E-state index in [0.717, 1.165) is 73.6 Å². The fourth-order valence-corrected chi connectivity index (χ4v) is 8.10. The molecule has 4 atom stereocenters. The molecule has 1 heterocycles. The zero-order valence-electron chi connectivity index (χ0n) is 31.8. The Morgan fingerprint density at radius 1 is 0.389 bits per heavy atom. The summed E-state index contributed by atoms with van der Waals surface area (Å²) < 4.78 is 0. The molecule has 4 aromatic carbocycles. The third-order valence-electron chi connectivity index (χ3n) is 12.0. The van der Waals surface area contributed by atoms with Gasteiger partial charge in [-0.3, -0.25) is 20.0 Å². The van der Waals surface area contributed by atoms with Gasteiger partial charge in [0.15, 0.2) is 0 Å². The van der Waals surface area contributed by atoms with Crippen LogP contribution < -0.4 is 0 Å². The highest BCUT2D eigenvalue weighted by Gasteiger charge is 2.29. The Morgan fingerprint density at radius 2 is 0.611 bits per heavy atom. The molecule has 0 amide bonds. The number of benzene rings is 4. The lowest BCUT2D eigenvalue weighted by Gasteiger charge is -2.28. The van der Waals surface area contributed by atoms with Gasteiger partial charge in [-0.2, -0.15) is 0 Å². The van der Waals surface area contributed by atoms with Crippen LogP contribution >= 0.6 is 0 Å². The quantitative estimate of drug-likeness (QED) is 0.144. The number of hydrogen-bond acceptors (Lipinski definition) is 8. The van der Waals surface area contributed by atoms with E-state index in [0.29, 0.717) is 22.3 Å². The summed E-state index contributed by atoms with van der Waals surface area (Å²) in [5.74, 6) is 0.651. The molecule has 8 heteroatoms. The van der Waals surface area contributed by atoms with Gasteiger partial charge in [-0.1, -0.05) is 77.6 Å². The van der Waals surface area contributed by atoms with Crippen LogP contribution in [0.4, 0.5) is 0 Å². The summed E-state index contributed by atoms with van der Waals surface area (Å²) in [6, 6.07) is 22.4. The van der Waals surface area contributed by atoms with Gasteiger partial charge in [-0.25, -0.2) is 0 Å². The van der Waals surface area contributed by atoms with E-state index in [-0.39, 0.29) is 47.2 Å². The van der Waals surface area contributed by atoms with Crippen LogP contribution in [-0.2, 0) is 10.8 Å². The van der Waals surface area contributed by atoms with Gasteiger partial charge in [-0.05, 0) is 96.5 Å². The van der Waals surface area contributed by atoms with Crippen molar-refractivity contribution in [3.05, 3.63) is 117 Å². The number of rotatable bonds is 0. The topological polar surface area (TPSA) is 130 Å². The van der Waals surface area contributed by atoms with Crippen molar-refractivity contribution in [2.45, 2.75) is 114 Å². The number of hydrogen-bond donors (Lipinski definition) is 4. The molecule has 7 rings (SSSR count). The molecule has 280 valence electrons. The summed E-state index contributed by atoms with van der Waals surface area (Å²) in [5.41, 5.74) is 5.65. The van der Waals surface area contributed by atoms with E-state index in [1.165, 1.54) is 0 Å². The summed E-state index contributed by atoms with van der Waals surface area (Å²) in [5, 5.41) is 43.7. The first-order valence-corrected chi connectivity index (χ1v) is 19.4.